The van der Waals surface area contributed by atoms with Crippen molar-refractivity contribution in [3.63, 3.8) is 0 Å². The SMILES string of the molecule is COc1ccccc1C1=N/C(=C\c2cc([N+](=O)[O-])ccc2Cl)C(=O)O1. The minimum absolute atomic E-state index is 0.0108. The smallest absolute Gasteiger partial charge is 0.363 e. The normalized spacial score (nSPS) is 15.0. The molecule has 0 radical (unpaired) electrons. The van der Waals surface area contributed by atoms with Crippen LogP contribution in [0.1, 0.15) is 11.1 Å². The van der Waals surface area contributed by atoms with E-state index in [9.17, 15) is 14.9 Å². The third kappa shape index (κ3) is 3.36. The van der Waals surface area contributed by atoms with Crippen LogP contribution in [0.25, 0.3) is 6.08 Å². The van der Waals surface area contributed by atoms with E-state index in [1.54, 1.807) is 24.3 Å². The number of hydrogen-bond acceptors (Lipinski definition) is 6. The first kappa shape index (κ1) is 16.7. The van der Waals surface area contributed by atoms with Crippen molar-refractivity contribution in [2.24, 2.45) is 4.99 Å². The highest BCUT2D eigenvalue weighted by Gasteiger charge is 2.26. The Balaban J connectivity index is 2.02. The minimum Gasteiger partial charge on any atom is -0.496 e. The molecule has 0 saturated heterocycles. The Hall–Kier alpha value is -3.19. The Morgan fingerprint density at radius 2 is 2.04 bits per heavy atom. The van der Waals surface area contributed by atoms with Gasteiger partial charge in [0.1, 0.15) is 5.75 Å². The Morgan fingerprint density at radius 1 is 1.28 bits per heavy atom. The fraction of sp³-hybridized carbons (Fsp3) is 0.0588. The van der Waals surface area contributed by atoms with E-state index in [-0.39, 0.29) is 22.3 Å². The van der Waals surface area contributed by atoms with Crippen LogP contribution in [0.15, 0.2) is 53.2 Å². The number of nitro benzene ring substituents is 1. The van der Waals surface area contributed by atoms with Crippen molar-refractivity contribution < 1.29 is 19.2 Å². The molecule has 0 N–H and O–H groups in total. The lowest BCUT2D eigenvalue weighted by Crippen LogP contribution is -2.06. The van der Waals surface area contributed by atoms with Crippen LogP contribution in [0.4, 0.5) is 5.69 Å². The molecule has 25 heavy (non-hydrogen) atoms. The number of hydrogen-bond donors (Lipinski definition) is 0. The molecule has 1 aliphatic rings. The maximum absolute atomic E-state index is 12.1. The number of ether oxygens (including phenoxy) is 2. The number of benzene rings is 2. The standard InChI is InChI=1S/C17H11ClN2O5/c1-24-15-5-3-2-4-12(15)16-19-14(17(21)25-16)9-10-8-11(20(22)23)6-7-13(10)18/h2-9H,1H3/b14-9-. The van der Waals surface area contributed by atoms with Crippen molar-refractivity contribution >= 4 is 35.2 Å². The van der Waals surface area contributed by atoms with E-state index in [0.717, 1.165) is 0 Å². The van der Waals surface area contributed by atoms with E-state index in [4.69, 9.17) is 21.1 Å². The number of methoxy groups -OCH3 is 1. The number of halogens is 1. The molecule has 8 heteroatoms. The summed E-state index contributed by atoms with van der Waals surface area (Å²) < 4.78 is 10.4. The second-order valence-corrected chi connectivity index (χ2v) is 5.41. The van der Waals surface area contributed by atoms with E-state index in [1.165, 1.54) is 31.4 Å². The average molecular weight is 359 g/mol. The molecule has 0 spiro atoms. The second kappa shape index (κ2) is 6.74. The van der Waals surface area contributed by atoms with Crippen molar-refractivity contribution in [1.29, 1.82) is 0 Å². The van der Waals surface area contributed by atoms with Gasteiger partial charge in [0, 0.05) is 22.7 Å². The molecule has 0 saturated carbocycles. The molecule has 3 rings (SSSR count). The van der Waals surface area contributed by atoms with Crippen LogP contribution >= 0.6 is 11.6 Å². The van der Waals surface area contributed by atoms with E-state index < -0.39 is 10.9 Å². The molecule has 7 nitrogen and oxygen atoms in total. The highest BCUT2D eigenvalue weighted by molar-refractivity contribution is 6.32. The quantitative estimate of drug-likeness (QED) is 0.360. The molecule has 2 aromatic carbocycles. The molecule has 2 aromatic rings. The number of esters is 1. The molecule has 0 aromatic heterocycles. The van der Waals surface area contributed by atoms with Gasteiger partial charge in [-0.1, -0.05) is 23.7 Å². The highest BCUT2D eigenvalue weighted by Crippen LogP contribution is 2.28. The largest absolute Gasteiger partial charge is 0.496 e. The van der Waals surface area contributed by atoms with Crippen molar-refractivity contribution in [3.05, 3.63) is 74.4 Å². The van der Waals surface area contributed by atoms with Crippen LogP contribution in [0.3, 0.4) is 0 Å². The van der Waals surface area contributed by atoms with Gasteiger partial charge in [0.25, 0.3) is 5.69 Å². The van der Waals surface area contributed by atoms with Gasteiger partial charge in [0.15, 0.2) is 5.70 Å². The molecular formula is C17H11ClN2O5. The number of cyclic esters (lactones) is 1. The van der Waals surface area contributed by atoms with Gasteiger partial charge < -0.3 is 9.47 Å². The number of para-hydroxylation sites is 1. The molecule has 0 atom stereocenters. The topological polar surface area (TPSA) is 91.0 Å². The third-order valence-electron chi connectivity index (χ3n) is 3.44. The number of rotatable bonds is 4. The van der Waals surface area contributed by atoms with Gasteiger partial charge in [-0.25, -0.2) is 9.79 Å². The summed E-state index contributed by atoms with van der Waals surface area (Å²) in [6.45, 7) is 0. The van der Waals surface area contributed by atoms with Crippen molar-refractivity contribution in [2.45, 2.75) is 0 Å². The maximum Gasteiger partial charge on any atom is 0.363 e. The van der Waals surface area contributed by atoms with Crippen LogP contribution in [0, 0.1) is 10.1 Å². The average Bonchev–Trinajstić information content (AvgIpc) is 2.97. The Kier molecular flexibility index (Phi) is 4.49. The molecule has 126 valence electrons. The van der Waals surface area contributed by atoms with Crippen LogP contribution < -0.4 is 4.74 Å². The molecule has 1 aliphatic heterocycles. The monoisotopic (exact) mass is 358 g/mol. The van der Waals surface area contributed by atoms with Gasteiger partial charge >= 0.3 is 5.97 Å². The van der Waals surface area contributed by atoms with Crippen LogP contribution in [-0.4, -0.2) is 23.9 Å². The summed E-state index contributed by atoms with van der Waals surface area (Å²) in [6, 6.07) is 10.9. The third-order valence-corrected chi connectivity index (χ3v) is 3.78. The van der Waals surface area contributed by atoms with Gasteiger partial charge in [-0.2, -0.15) is 0 Å². The number of carbonyl (C=O) groups is 1. The van der Waals surface area contributed by atoms with Crippen LogP contribution in [-0.2, 0) is 9.53 Å². The summed E-state index contributed by atoms with van der Waals surface area (Å²) >= 11 is 6.04. The molecule has 0 aliphatic carbocycles. The summed E-state index contributed by atoms with van der Waals surface area (Å²) in [4.78, 5) is 26.6. The summed E-state index contributed by atoms with van der Waals surface area (Å²) in [6.07, 6.45) is 1.35. The molecule has 0 unspecified atom stereocenters. The first-order chi connectivity index (χ1) is 12.0. The number of nitrogens with zero attached hydrogens (tertiary/aromatic N) is 2. The summed E-state index contributed by atoms with van der Waals surface area (Å²) in [7, 11) is 1.50. The summed E-state index contributed by atoms with van der Waals surface area (Å²) in [5, 5.41) is 11.1. The van der Waals surface area contributed by atoms with Gasteiger partial charge in [0.2, 0.25) is 5.90 Å². The zero-order valence-corrected chi connectivity index (χ0v) is 13.7. The Morgan fingerprint density at radius 3 is 2.76 bits per heavy atom. The lowest BCUT2D eigenvalue weighted by atomic mass is 10.1. The van der Waals surface area contributed by atoms with E-state index in [0.29, 0.717) is 16.9 Å². The first-order valence-corrected chi connectivity index (χ1v) is 7.47. The van der Waals surface area contributed by atoms with Crippen molar-refractivity contribution in [2.75, 3.05) is 7.11 Å². The van der Waals surface area contributed by atoms with Gasteiger partial charge in [-0.15, -0.1) is 0 Å². The van der Waals surface area contributed by atoms with Gasteiger partial charge in [-0.05, 0) is 24.3 Å². The maximum atomic E-state index is 12.1. The molecule has 0 fully saturated rings. The lowest BCUT2D eigenvalue weighted by molar-refractivity contribution is -0.384. The summed E-state index contributed by atoms with van der Waals surface area (Å²) in [5.41, 5.74) is 0.666. The minimum atomic E-state index is -0.677. The zero-order chi connectivity index (χ0) is 18.0. The Bertz CT molecular complexity index is 936. The van der Waals surface area contributed by atoms with Gasteiger partial charge in [-0.3, -0.25) is 10.1 Å². The lowest BCUT2D eigenvalue weighted by Gasteiger charge is -2.05. The second-order valence-electron chi connectivity index (χ2n) is 5.00. The van der Waals surface area contributed by atoms with Gasteiger partial charge in [0.05, 0.1) is 17.6 Å². The molecular weight excluding hydrogens is 348 g/mol. The van der Waals surface area contributed by atoms with Crippen molar-refractivity contribution in [1.82, 2.24) is 0 Å². The number of carbonyl (C=O) groups excluding carboxylic acids is 1. The van der Waals surface area contributed by atoms with Crippen LogP contribution in [0.5, 0.6) is 5.75 Å². The summed E-state index contributed by atoms with van der Waals surface area (Å²) in [5.74, 6) is -0.0811. The van der Waals surface area contributed by atoms with E-state index >= 15 is 0 Å². The van der Waals surface area contributed by atoms with E-state index in [2.05, 4.69) is 4.99 Å². The van der Waals surface area contributed by atoms with Crippen LogP contribution in [0.2, 0.25) is 5.02 Å². The molecule has 0 bridgehead atoms. The Labute approximate surface area is 147 Å². The zero-order valence-electron chi connectivity index (χ0n) is 12.9. The number of aliphatic imine (C=N–C) groups is 1. The highest BCUT2D eigenvalue weighted by atomic mass is 35.5. The fourth-order valence-electron chi connectivity index (χ4n) is 2.25. The predicted octanol–water partition coefficient (Wildman–Crippen LogP) is 3.60. The first-order valence-electron chi connectivity index (χ1n) is 7.09. The number of nitro groups is 1. The van der Waals surface area contributed by atoms with E-state index in [1.807, 2.05) is 0 Å². The fourth-order valence-corrected chi connectivity index (χ4v) is 2.42. The predicted molar refractivity (Wildman–Crippen MR) is 91.7 cm³/mol. The molecule has 1 heterocycles. The number of non-ortho nitro benzene ring substituents is 1. The molecule has 0 amide bonds. The van der Waals surface area contributed by atoms with Crippen molar-refractivity contribution in [3.8, 4) is 5.75 Å².